The number of hydrogen-bond acceptors (Lipinski definition) is 5. The number of rotatable bonds is 5. The largest absolute Gasteiger partial charge is 0.550 e. The van der Waals surface area contributed by atoms with Crippen LogP contribution in [0.2, 0.25) is 0 Å². The van der Waals surface area contributed by atoms with Crippen LogP contribution < -0.4 is 5.11 Å². The highest BCUT2D eigenvalue weighted by Gasteiger charge is 2.09. The van der Waals surface area contributed by atoms with Crippen LogP contribution in [0.3, 0.4) is 0 Å². The molecule has 1 aromatic rings. The van der Waals surface area contributed by atoms with Gasteiger partial charge in [0.05, 0.1) is 4.90 Å². The van der Waals surface area contributed by atoms with Crippen molar-refractivity contribution in [1.82, 2.24) is 0 Å². The van der Waals surface area contributed by atoms with Crippen molar-refractivity contribution in [2.75, 3.05) is 6.26 Å². The van der Waals surface area contributed by atoms with Crippen LogP contribution >= 0.6 is 0 Å². The zero-order valence-electron chi connectivity index (χ0n) is 9.17. The highest BCUT2D eigenvalue weighted by atomic mass is 32.2. The van der Waals surface area contributed by atoms with E-state index in [2.05, 4.69) is 0 Å². The van der Waals surface area contributed by atoms with Crippen LogP contribution in [-0.2, 0) is 14.6 Å². The maximum Gasteiger partial charge on any atom is 0.175 e. The van der Waals surface area contributed by atoms with Gasteiger partial charge >= 0.3 is 0 Å². The molecule has 5 nitrogen and oxygen atoms in total. The van der Waals surface area contributed by atoms with Crippen molar-refractivity contribution in [1.29, 1.82) is 0 Å². The molecule has 0 saturated carbocycles. The fraction of sp³-hybridized carbons (Fsp3) is 0.273. The van der Waals surface area contributed by atoms with Crippen molar-refractivity contribution < 1.29 is 23.1 Å². The topological polar surface area (TPSA) is 91.3 Å². The Kier molecular flexibility index (Phi) is 4.01. The lowest BCUT2D eigenvalue weighted by atomic mass is 10.1. The summed E-state index contributed by atoms with van der Waals surface area (Å²) in [7, 11) is -3.29. The Morgan fingerprint density at radius 3 is 2.06 bits per heavy atom. The first-order valence-electron chi connectivity index (χ1n) is 4.84. The van der Waals surface area contributed by atoms with Crippen LogP contribution in [-0.4, -0.2) is 26.4 Å². The Hall–Kier alpha value is -1.69. The molecular weight excluding hydrogens is 244 g/mol. The third kappa shape index (κ3) is 3.99. The summed E-state index contributed by atoms with van der Waals surface area (Å²) in [6, 6.07) is 5.38. The van der Waals surface area contributed by atoms with Crippen LogP contribution in [0.15, 0.2) is 29.2 Å². The van der Waals surface area contributed by atoms with Gasteiger partial charge in [-0.1, -0.05) is 12.1 Å². The molecule has 1 rings (SSSR count). The summed E-state index contributed by atoms with van der Waals surface area (Å²) in [5.41, 5.74) is 0.290. The number of hydrogen-bond donors (Lipinski definition) is 0. The van der Waals surface area contributed by atoms with Gasteiger partial charge in [0.15, 0.2) is 15.6 Å². The molecule has 0 spiro atoms. The van der Waals surface area contributed by atoms with Gasteiger partial charge < -0.3 is 9.90 Å². The summed E-state index contributed by atoms with van der Waals surface area (Å²) >= 11 is 0. The van der Waals surface area contributed by atoms with Crippen LogP contribution in [0.5, 0.6) is 0 Å². The molecule has 92 valence electrons. The monoisotopic (exact) mass is 255 g/mol. The lowest BCUT2D eigenvalue weighted by molar-refractivity contribution is -0.305. The van der Waals surface area contributed by atoms with Crippen molar-refractivity contribution in [3.8, 4) is 0 Å². The van der Waals surface area contributed by atoms with Gasteiger partial charge in [0.25, 0.3) is 0 Å². The van der Waals surface area contributed by atoms with Gasteiger partial charge in [0.1, 0.15) is 0 Å². The Balaban J connectivity index is 2.81. The number of benzene rings is 1. The van der Waals surface area contributed by atoms with E-state index >= 15 is 0 Å². The summed E-state index contributed by atoms with van der Waals surface area (Å²) in [4.78, 5) is 21.8. The summed E-state index contributed by atoms with van der Waals surface area (Å²) in [5.74, 6) is -1.64. The third-order valence-corrected chi connectivity index (χ3v) is 3.29. The minimum Gasteiger partial charge on any atom is -0.550 e. The number of sulfone groups is 1. The molecule has 0 amide bonds. The van der Waals surface area contributed by atoms with Gasteiger partial charge in [-0.3, -0.25) is 4.79 Å². The molecule has 0 aromatic heterocycles. The zero-order valence-corrected chi connectivity index (χ0v) is 9.99. The summed E-state index contributed by atoms with van der Waals surface area (Å²) in [6.45, 7) is 0. The number of aliphatic carboxylic acids is 1. The normalized spacial score (nSPS) is 11.1. The van der Waals surface area contributed by atoms with Crippen molar-refractivity contribution in [2.45, 2.75) is 17.7 Å². The molecule has 1 aromatic carbocycles. The molecule has 0 unspecified atom stereocenters. The number of ketones is 1. The first-order chi connectivity index (χ1) is 7.80. The van der Waals surface area contributed by atoms with Gasteiger partial charge in [0.2, 0.25) is 0 Å². The van der Waals surface area contributed by atoms with Crippen LogP contribution in [0, 0.1) is 0 Å². The van der Waals surface area contributed by atoms with Crippen molar-refractivity contribution in [3.05, 3.63) is 29.8 Å². The van der Waals surface area contributed by atoms with E-state index in [1.54, 1.807) is 0 Å². The summed E-state index contributed by atoms with van der Waals surface area (Å²) in [6.07, 6.45) is 0.577. The van der Waals surface area contributed by atoms with Gasteiger partial charge in [-0.15, -0.1) is 0 Å². The van der Waals surface area contributed by atoms with Gasteiger partial charge in [-0.25, -0.2) is 8.42 Å². The van der Waals surface area contributed by atoms with E-state index in [1.165, 1.54) is 24.3 Å². The van der Waals surface area contributed by atoms with Crippen molar-refractivity contribution in [3.63, 3.8) is 0 Å². The average Bonchev–Trinajstić information content (AvgIpc) is 2.25. The lowest BCUT2D eigenvalue weighted by Crippen LogP contribution is -2.22. The number of carbonyl (C=O) groups excluding carboxylic acids is 2. The molecule has 0 fully saturated rings. The fourth-order valence-electron chi connectivity index (χ4n) is 1.25. The Bertz CT molecular complexity index is 527. The second kappa shape index (κ2) is 5.09. The van der Waals surface area contributed by atoms with Crippen LogP contribution in [0.1, 0.15) is 23.2 Å². The first-order valence-corrected chi connectivity index (χ1v) is 6.73. The minimum absolute atomic E-state index is 0.119. The molecule has 0 bridgehead atoms. The van der Waals surface area contributed by atoms with Gasteiger partial charge in [0, 0.05) is 24.2 Å². The van der Waals surface area contributed by atoms with Crippen molar-refractivity contribution >= 4 is 21.6 Å². The maximum atomic E-state index is 11.5. The number of carboxylic acids is 1. The quantitative estimate of drug-likeness (QED) is 0.680. The molecule has 0 aliphatic rings. The SMILES string of the molecule is CS(=O)(=O)c1ccc(C(=O)CCC(=O)[O-])cc1. The fourth-order valence-corrected chi connectivity index (χ4v) is 1.88. The lowest BCUT2D eigenvalue weighted by Gasteiger charge is -2.03. The molecule has 0 saturated heterocycles. The molecule has 0 aliphatic carbocycles. The minimum atomic E-state index is -3.29. The molecule has 0 N–H and O–H groups in total. The van der Waals surface area contributed by atoms with Crippen LogP contribution in [0.4, 0.5) is 0 Å². The van der Waals surface area contributed by atoms with E-state index in [1.807, 2.05) is 0 Å². The number of Topliss-reactive ketones (excluding diaryl/α,β-unsaturated/α-hetero) is 1. The van der Waals surface area contributed by atoms with Crippen LogP contribution in [0.25, 0.3) is 0 Å². The maximum absolute atomic E-state index is 11.5. The van der Waals surface area contributed by atoms with Gasteiger partial charge in [-0.2, -0.15) is 0 Å². The first kappa shape index (κ1) is 13.4. The highest BCUT2D eigenvalue weighted by molar-refractivity contribution is 7.90. The van der Waals surface area contributed by atoms with Crippen molar-refractivity contribution in [2.24, 2.45) is 0 Å². The second-order valence-corrected chi connectivity index (χ2v) is 5.61. The predicted molar refractivity (Wildman–Crippen MR) is 58.1 cm³/mol. The molecule has 17 heavy (non-hydrogen) atoms. The molecule has 0 atom stereocenters. The Labute approximate surface area is 99.0 Å². The average molecular weight is 255 g/mol. The third-order valence-electron chi connectivity index (χ3n) is 2.16. The predicted octanol–water partition coefficient (Wildman–Crippen LogP) is -0.197. The van der Waals surface area contributed by atoms with Gasteiger partial charge in [-0.05, 0) is 18.6 Å². The Morgan fingerprint density at radius 2 is 1.65 bits per heavy atom. The number of carbonyl (C=O) groups is 2. The van der Waals surface area contributed by atoms with E-state index in [4.69, 9.17) is 0 Å². The van der Waals surface area contributed by atoms with E-state index in [0.717, 1.165) is 6.26 Å². The van der Waals surface area contributed by atoms with E-state index in [9.17, 15) is 23.1 Å². The second-order valence-electron chi connectivity index (χ2n) is 3.59. The molecule has 0 aliphatic heterocycles. The molecule has 0 radical (unpaired) electrons. The van der Waals surface area contributed by atoms with E-state index in [-0.39, 0.29) is 23.5 Å². The Morgan fingerprint density at radius 1 is 1.12 bits per heavy atom. The van der Waals surface area contributed by atoms with E-state index < -0.39 is 15.8 Å². The molecule has 0 heterocycles. The summed E-state index contributed by atoms with van der Waals surface area (Å²) in [5, 5.41) is 10.2. The highest BCUT2D eigenvalue weighted by Crippen LogP contribution is 2.12. The molecule has 6 heteroatoms. The standard InChI is InChI=1S/C11H12O5S/c1-17(15,16)9-4-2-8(3-5-9)10(12)6-7-11(13)14/h2-5H,6-7H2,1H3,(H,13,14)/p-1. The molecular formula is C11H11O5S-. The number of carboxylic acid groups (broad SMARTS) is 1. The van der Waals surface area contributed by atoms with E-state index in [0.29, 0.717) is 5.56 Å². The summed E-state index contributed by atoms with van der Waals surface area (Å²) < 4.78 is 22.3. The smallest absolute Gasteiger partial charge is 0.175 e. The zero-order chi connectivity index (χ0) is 13.1.